The van der Waals surface area contributed by atoms with Gasteiger partial charge in [0.25, 0.3) is 5.91 Å². The maximum atomic E-state index is 11.5. The molecule has 1 amide bonds. The van der Waals surface area contributed by atoms with Crippen LogP contribution >= 0.6 is 0 Å². The number of carbonyl (C=O) groups excluding carboxylic acids is 1. The average molecular weight is 157 g/mol. The fourth-order valence-corrected chi connectivity index (χ4v) is 0.656. The first-order chi connectivity index (χ1) is 5.34. The lowest BCUT2D eigenvalue weighted by Crippen LogP contribution is -2.24. The summed E-state index contributed by atoms with van der Waals surface area (Å²) in [7, 11) is 0. The summed E-state index contributed by atoms with van der Waals surface area (Å²) in [6.07, 6.45) is 1.39. The summed E-state index contributed by atoms with van der Waals surface area (Å²) in [5.74, 6) is -0.175. The zero-order chi connectivity index (χ0) is 8.10. The Hall–Kier alpha value is -1.32. The van der Waals surface area contributed by atoms with Gasteiger partial charge in [0.15, 0.2) is 5.76 Å². The summed E-state index contributed by atoms with van der Waals surface area (Å²) >= 11 is 0. The molecule has 1 N–H and O–H groups in total. The number of carbonyl (C=O) groups is 1. The third kappa shape index (κ3) is 2.07. The molecule has 0 aliphatic carbocycles. The van der Waals surface area contributed by atoms with Crippen molar-refractivity contribution in [1.29, 1.82) is 0 Å². The Morgan fingerprint density at radius 1 is 1.73 bits per heavy atom. The van der Waals surface area contributed by atoms with Crippen LogP contribution in [0.4, 0.5) is 4.39 Å². The molecule has 1 aromatic heterocycles. The highest BCUT2D eigenvalue weighted by Crippen LogP contribution is 1.98. The molecule has 1 heterocycles. The minimum absolute atomic E-state index is 0.0273. The molecule has 4 heteroatoms. The number of rotatable bonds is 3. The third-order valence-electron chi connectivity index (χ3n) is 1.13. The number of hydrogen-bond donors (Lipinski definition) is 1. The van der Waals surface area contributed by atoms with Crippen LogP contribution in [0.15, 0.2) is 22.8 Å². The molecule has 0 aliphatic heterocycles. The molecule has 1 rings (SSSR count). The number of alkyl halides is 1. The molecule has 0 unspecified atom stereocenters. The number of hydrogen-bond acceptors (Lipinski definition) is 2. The second-order valence-corrected chi connectivity index (χ2v) is 1.92. The second kappa shape index (κ2) is 3.75. The van der Waals surface area contributed by atoms with Gasteiger partial charge in [0.1, 0.15) is 6.67 Å². The highest BCUT2D eigenvalue weighted by atomic mass is 19.1. The highest BCUT2D eigenvalue weighted by Gasteiger charge is 2.05. The smallest absolute Gasteiger partial charge is 0.287 e. The molecule has 11 heavy (non-hydrogen) atoms. The Balaban J connectivity index is 2.43. The molecule has 0 spiro atoms. The van der Waals surface area contributed by atoms with Crippen LogP contribution in [0, 0.1) is 0 Å². The van der Waals surface area contributed by atoms with Gasteiger partial charge < -0.3 is 9.73 Å². The van der Waals surface area contributed by atoms with Crippen LogP contribution in [0.2, 0.25) is 0 Å². The van der Waals surface area contributed by atoms with E-state index in [2.05, 4.69) is 5.32 Å². The van der Waals surface area contributed by atoms with E-state index < -0.39 is 6.67 Å². The third-order valence-corrected chi connectivity index (χ3v) is 1.13. The molecule has 0 saturated heterocycles. The van der Waals surface area contributed by atoms with Gasteiger partial charge in [0, 0.05) is 6.54 Å². The fraction of sp³-hybridized carbons (Fsp3) is 0.286. The summed E-state index contributed by atoms with van der Waals surface area (Å²) in [5.41, 5.74) is 0. The standard InChI is InChI=1S/C7H8FNO2/c8-3-4-9-7(10)6-2-1-5-11-6/h1-2,5H,3-4H2,(H,9,10). The minimum Gasteiger partial charge on any atom is -0.459 e. The van der Waals surface area contributed by atoms with Crippen molar-refractivity contribution in [3.63, 3.8) is 0 Å². The predicted molar refractivity (Wildman–Crippen MR) is 37.0 cm³/mol. The van der Waals surface area contributed by atoms with Crippen molar-refractivity contribution in [1.82, 2.24) is 5.32 Å². The summed E-state index contributed by atoms with van der Waals surface area (Å²) in [5, 5.41) is 2.33. The summed E-state index contributed by atoms with van der Waals surface area (Å²) < 4.78 is 16.3. The van der Waals surface area contributed by atoms with Gasteiger partial charge in [-0.15, -0.1) is 0 Å². The van der Waals surface area contributed by atoms with Gasteiger partial charge in [-0.25, -0.2) is 4.39 Å². The molecule has 0 aliphatic rings. The Kier molecular flexibility index (Phi) is 2.66. The molecule has 0 aromatic carbocycles. The van der Waals surface area contributed by atoms with Crippen molar-refractivity contribution < 1.29 is 13.6 Å². The molecule has 1 aromatic rings. The fourth-order valence-electron chi connectivity index (χ4n) is 0.656. The van der Waals surface area contributed by atoms with Gasteiger partial charge in [-0.2, -0.15) is 0 Å². The molecule has 0 atom stereocenters. The van der Waals surface area contributed by atoms with E-state index in [1.165, 1.54) is 12.3 Å². The van der Waals surface area contributed by atoms with Gasteiger partial charge in [0.05, 0.1) is 6.26 Å². The normalized spacial score (nSPS) is 9.55. The number of halogens is 1. The van der Waals surface area contributed by atoms with E-state index in [4.69, 9.17) is 4.42 Å². The first kappa shape index (κ1) is 7.78. The maximum Gasteiger partial charge on any atom is 0.287 e. The zero-order valence-electron chi connectivity index (χ0n) is 5.84. The van der Waals surface area contributed by atoms with E-state index in [1.807, 2.05) is 0 Å². The van der Waals surface area contributed by atoms with Crippen LogP contribution < -0.4 is 5.32 Å². The SMILES string of the molecule is O=C(NCCF)c1ccco1. The van der Waals surface area contributed by atoms with Crippen molar-refractivity contribution >= 4 is 5.91 Å². The zero-order valence-corrected chi connectivity index (χ0v) is 5.84. The first-order valence-corrected chi connectivity index (χ1v) is 3.22. The van der Waals surface area contributed by atoms with Gasteiger partial charge in [0.2, 0.25) is 0 Å². The average Bonchev–Trinajstić information content (AvgIpc) is 2.52. The lowest BCUT2D eigenvalue weighted by molar-refractivity contribution is 0.0923. The van der Waals surface area contributed by atoms with Crippen LogP contribution in [0.5, 0.6) is 0 Å². The van der Waals surface area contributed by atoms with Gasteiger partial charge >= 0.3 is 0 Å². The Morgan fingerprint density at radius 3 is 3.09 bits per heavy atom. The highest BCUT2D eigenvalue weighted by molar-refractivity contribution is 5.91. The molecular weight excluding hydrogens is 149 g/mol. The van der Waals surface area contributed by atoms with Crippen LogP contribution in [-0.2, 0) is 0 Å². The van der Waals surface area contributed by atoms with Gasteiger partial charge in [-0.3, -0.25) is 4.79 Å². The summed E-state index contributed by atoms with van der Waals surface area (Å²) in [4.78, 5) is 10.9. The molecular formula is C7H8FNO2. The van der Waals surface area contributed by atoms with E-state index in [-0.39, 0.29) is 18.2 Å². The summed E-state index contributed by atoms with van der Waals surface area (Å²) in [6, 6.07) is 3.12. The summed E-state index contributed by atoms with van der Waals surface area (Å²) in [6.45, 7) is -0.536. The Labute approximate surface area is 63.2 Å². The van der Waals surface area contributed by atoms with E-state index in [1.54, 1.807) is 6.07 Å². The van der Waals surface area contributed by atoms with Crippen molar-refractivity contribution in [3.8, 4) is 0 Å². The van der Waals surface area contributed by atoms with E-state index in [9.17, 15) is 9.18 Å². The maximum absolute atomic E-state index is 11.5. The Morgan fingerprint density at radius 2 is 2.55 bits per heavy atom. The van der Waals surface area contributed by atoms with Crippen molar-refractivity contribution in [2.45, 2.75) is 0 Å². The van der Waals surface area contributed by atoms with Crippen molar-refractivity contribution in [2.24, 2.45) is 0 Å². The van der Waals surface area contributed by atoms with Gasteiger partial charge in [-0.1, -0.05) is 0 Å². The lowest BCUT2D eigenvalue weighted by Gasteiger charge is -1.96. The topological polar surface area (TPSA) is 42.2 Å². The van der Waals surface area contributed by atoms with Crippen molar-refractivity contribution in [3.05, 3.63) is 24.2 Å². The first-order valence-electron chi connectivity index (χ1n) is 3.22. The van der Waals surface area contributed by atoms with Crippen molar-refractivity contribution in [2.75, 3.05) is 13.2 Å². The molecule has 0 radical (unpaired) electrons. The quantitative estimate of drug-likeness (QED) is 0.710. The van der Waals surface area contributed by atoms with Gasteiger partial charge in [-0.05, 0) is 12.1 Å². The van der Waals surface area contributed by atoms with Crippen LogP contribution in [0.25, 0.3) is 0 Å². The van der Waals surface area contributed by atoms with E-state index in [0.29, 0.717) is 0 Å². The minimum atomic E-state index is -0.563. The van der Waals surface area contributed by atoms with E-state index in [0.717, 1.165) is 0 Å². The largest absolute Gasteiger partial charge is 0.459 e. The molecule has 3 nitrogen and oxygen atoms in total. The van der Waals surface area contributed by atoms with Crippen LogP contribution in [-0.4, -0.2) is 19.1 Å². The molecule has 0 bridgehead atoms. The van der Waals surface area contributed by atoms with Crippen LogP contribution in [0.3, 0.4) is 0 Å². The van der Waals surface area contributed by atoms with Crippen LogP contribution in [0.1, 0.15) is 10.6 Å². The molecule has 0 fully saturated rings. The molecule has 60 valence electrons. The molecule has 0 saturated carbocycles. The predicted octanol–water partition coefficient (Wildman–Crippen LogP) is 0.979. The number of amides is 1. The second-order valence-electron chi connectivity index (χ2n) is 1.92. The monoisotopic (exact) mass is 157 g/mol. The lowest BCUT2D eigenvalue weighted by atomic mass is 10.4. The number of furan rings is 1. The number of nitrogens with one attached hydrogen (secondary N) is 1. The van der Waals surface area contributed by atoms with E-state index >= 15 is 0 Å². The Bertz CT molecular complexity index is 220.